The van der Waals surface area contributed by atoms with Crippen molar-refractivity contribution in [3.8, 4) is 11.5 Å². The van der Waals surface area contributed by atoms with Crippen molar-refractivity contribution in [3.63, 3.8) is 0 Å². The number of carbonyl (C=O) groups is 1. The van der Waals surface area contributed by atoms with Gasteiger partial charge < -0.3 is 19.7 Å². The first-order valence-corrected chi connectivity index (χ1v) is 12.7. The molecule has 33 heavy (non-hydrogen) atoms. The van der Waals surface area contributed by atoms with E-state index in [0.717, 1.165) is 37.2 Å². The third-order valence-electron chi connectivity index (χ3n) is 6.11. The Bertz CT molecular complexity index is 1130. The molecule has 2 aromatic carbocycles. The molecule has 2 saturated heterocycles. The Balaban J connectivity index is 1.50. The number of halogens is 1. The number of hydrogen-bond acceptors (Lipinski definition) is 6. The van der Waals surface area contributed by atoms with Crippen LogP contribution in [0.3, 0.4) is 0 Å². The molecule has 1 atom stereocenters. The standard InChI is InChI=1S/C23H28ClN3O5S/c1-31-20-8-6-17(24)14-19(20)26-12-9-18(15-26)25-23(28)16-5-7-21(32-2)22(13-16)33(29,30)27-10-3-4-11-27/h5-8,13-14,18H,3-4,9-12,15H2,1-2H3,(H,25,28). The van der Waals surface area contributed by atoms with Crippen LogP contribution in [0.15, 0.2) is 41.3 Å². The van der Waals surface area contributed by atoms with E-state index in [1.807, 2.05) is 12.1 Å². The molecule has 1 unspecified atom stereocenters. The summed E-state index contributed by atoms with van der Waals surface area (Å²) in [5.74, 6) is 0.636. The van der Waals surface area contributed by atoms with E-state index < -0.39 is 10.0 Å². The van der Waals surface area contributed by atoms with Gasteiger partial charge in [-0.3, -0.25) is 4.79 Å². The minimum atomic E-state index is -3.73. The van der Waals surface area contributed by atoms with Crippen LogP contribution in [0.5, 0.6) is 11.5 Å². The van der Waals surface area contributed by atoms with Crippen molar-refractivity contribution in [1.29, 1.82) is 0 Å². The van der Waals surface area contributed by atoms with Gasteiger partial charge in [-0.15, -0.1) is 0 Å². The Labute approximate surface area is 199 Å². The number of ether oxygens (including phenoxy) is 2. The van der Waals surface area contributed by atoms with Gasteiger partial charge in [0.25, 0.3) is 5.91 Å². The Morgan fingerprint density at radius 1 is 1.03 bits per heavy atom. The molecule has 1 N–H and O–H groups in total. The fourth-order valence-electron chi connectivity index (χ4n) is 4.36. The van der Waals surface area contributed by atoms with Crippen LogP contribution in [0.1, 0.15) is 29.6 Å². The van der Waals surface area contributed by atoms with Crippen LogP contribution < -0.4 is 19.7 Å². The Morgan fingerprint density at radius 3 is 2.42 bits per heavy atom. The number of anilines is 1. The van der Waals surface area contributed by atoms with Crippen LogP contribution >= 0.6 is 11.6 Å². The zero-order chi connectivity index (χ0) is 23.6. The molecule has 0 radical (unpaired) electrons. The number of carbonyl (C=O) groups excluding carboxylic acids is 1. The summed E-state index contributed by atoms with van der Waals surface area (Å²) < 4.78 is 38.4. The van der Waals surface area contributed by atoms with E-state index in [1.54, 1.807) is 19.2 Å². The third-order valence-corrected chi connectivity index (χ3v) is 8.27. The van der Waals surface area contributed by atoms with Gasteiger partial charge in [-0.25, -0.2) is 8.42 Å². The van der Waals surface area contributed by atoms with E-state index >= 15 is 0 Å². The predicted octanol–water partition coefficient (Wildman–Crippen LogP) is 3.15. The van der Waals surface area contributed by atoms with Crippen molar-refractivity contribution < 1.29 is 22.7 Å². The summed E-state index contributed by atoms with van der Waals surface area (Å²) in [7, 11) is -0.691. The number of nitrogens with zero attached hydrogens (tertiary/aromatic N) is 2. The average Bonchev–Trinajstić information content (AvgIpc) is 3.51. The van der Waals surface area contributed by atoms with Crippen molar-refractivity contribution >= 4 is 33.2 Å². The summed E-state index contributed by atoms with van der Waals surface area (Å²) in [6, 6.07) is 9.89. The largest absolute Gasteiger partial charge is 0.495 e. The van der Waals surface area contributed by atoms with Gasteiger partial charge in [0.05, 0.1) is 19.9 Å². The molecule has 2 aliphatic rings. The van der Waals surface area contributed by atoms with Crippen LogP contribution in [0.2, 0.25) is 5.02 Å². The van der Waals surface area contributed by atoms with Gasteiger partial charge in [0.15, 0.2) is 0 Å². The van der Waals surface area contributed by atoms with Gasteiger partial charge in [-0.1, -0.05) is 11.6 Å². The number of amides is 1. The fourth-order valence-corrected chi connectivity index (χ4v) is 6.23. The smallest absolute Gasteiger partial charge is 0.251 e. The van der Waals surface area contributed by atoms with Crippen molar-refractivity contribution in [2.45, 2.75) is 30.2 Å². The molecule has 2 aromatic rings. The quantitative estimate of drug-likeness (QED) is 0.637. The molecule has 0 saturated carbocycles. The molecule has 0 aromatic heterocycles. The number of nitrogens with one attached hydrogen (secondary N) is 1. The molecule has 10 heteroatoms. The molecule has 4 rings (SSSR count). The summed E-state index contributed by atoms with van der Waals surface area (Å²) in [6.45, 7) is 2.29. The minimum absolute atomic E-state index is 0.0243. The molecule has 1 amide bonds. The van der Waals surface area contributed by atoms with Crippen molar-refractivity contribution in [2.75, 3.05) is 45.3 Å². The lowest BCUT2D eigenvalue weighted by molar-refractivity contribution is 0.0940. The number of rotatable bonds is 7. The van der Waals surface area contributed by atoms with E-state index in [0.29, 0.717) is 24.7 Å². The molecule has 2 aliphatic heterocycles. The summed E-state index contributed by atoms with van der Waals surface area (Å²) >= 11 is 6.16. The lowest BCUT2D eigenvalue weighted by atomic mass is 10.1. The minimum Gasteiger partial charge on any atom is -0.495 e. The number of benzene rings is 2. The van der Waals surface area contributed by atoms with Crippen LogP contribution in [-0.2, 0) is 10.0 Å². The second kappa shape index (κ2) is 9.79. The maximum atomic E-state index is 13.1. The second-order valence-electron chi connectivity index (χ2n) is 8.20. The van der Waals surface area contributed by atoms with Crippen molar-refractivity contribution in [2.24, 2.45) is 0 Å². The van der Waals surface area contributed by atoms with Gasteiger partial charge in [-0.2, -0.15) is 4.31 Å². The molecule has 0 spiro atoms. The lowest BCUT2D eigenvalue weighted by Crippen LogP contribution is -2.37. The van der Waals surface area contributed by atoms with Crippen LogP contribution in [0, 0.1) is 0 Å². The van der Waals surface area contributed by atoms with Crippen LogP contribution in [0.4, 0.5) is 5.69 Å². The van der Waals surface area contributed by atoms with Gasteiger partial charge in [0, 0.05) is 42.8 Å². The SMILES string of the molecule is COc1ccc(Cl)cc1N1CCC(NC(=O)c2ccc(OC)c(S(=O)(=O)N3CCCC3)c2)C1. The van der Waals surface area contributed by atoms with Crippen LogP contribution in [-0.4, -0.2) is 65.1 Å². The van der Waals surface area contributed by atoms with E-state index in [-0.39, 0.29) is 28.2 Å². The number of sulfonamides is 1. The van der Waals surface area contributed by atoms with E-state index in [1.165, 1.54) is 23.5 Å². The lowest BCUT2D eigenvalue weighted by Gasteiger charge is -2.22. The molecular weight excluding hydrogens is 466 g/mol. The van der Waals surface area contributed by atoms with Crippen molar-refractivity contribution in [1.82, 2.24) is 9.62 Å². The normalized spacial score (nSPS) is 19.0. The zero-order valence-electron chi connectivity index (χ0n) is 18.7. The Kier molecular flexibility index (Phi) is 7.02. The number of hydrogen-bond donors (Lipinski definition) is 1. The molecule has 2 heterocycles. The molecule has 0 bridgehead atoms. The van der Waals surface area contributed by atoms with Gasteiger partial charge in [-0.05, 0) is 55.7 Å². The van der Waals surface area contributed by atoms with Crippen molar-refractivity contribution in [3.05, 3.63) is 47.0 Å². The monoisotopic (exact) mass is 493 g/mol. The first kappa shape index (κ1) is 23.7. The highest BCUT2D eigenvalue weighted by Gasteiger charge is 2.31. The predicted molar refractivity (Wildman–Crippen MR) is 127 cm³/mol. The fraction of sp³-hybridized carbons (Fsp3) is 0.435. The molecule has 0 aliphatic carbocycles. The van der Waals surface area contributed by atoms with E-state index in [9.17, 15) is 13.2 Å². The van der Waals surface area contributed by atoms with Crippen LogP contribution in [0.25, 0.3) is 0 Å². The topological polar surface area (TPSA) is 88.2 Å². The van der Waals surface area contributed by atoms with Gasteiger partial charge in [0.1, 0.15) is 16.4 Å². The van der Waals surface area contributed by atoms with E-state index in [2.05, 4.69) is 10.2 Å². The molecule has 178 valence electrons. The summed E-state index contributed by atoms with van der Waals surface area (Å²) in [5.41, 5.74) is 1.16. The average molecular weight is 494 g/mol. The summed E-state index contributed by atoms with van der Waals surface area (Å²) in [4.78, 5) is 15.1. The second-order valence-corrected chi connectivity index (χ2v) is 10.5. The Hall–Kier alpha value is -2.49. The first-order chi connectivity index (χ1) is 15.8. The maximum Gasteiger partial charge on any atom is 0.251 e. The number of methoxy groups -OCH3 is 2. The highest BCUT2D eigenvalue weighted by atomic mass is 35.5. The maximum absolute atomic E-state index is 13.1. The molecule has 8 nitrogen and oxygen atoms in total. The Morgan fingerprint density at radius 2 is 1.73 bits per heavy atom. The highest BCUT2D eigenvalue weighted by Crippen LogP contribution is 2.34. The van der Waals surface area contributed by atoms with Gasteiger partial charge >= 0.3 is 0 Å². The molecular formula is C23H28ClN3O5S. The van der Waals surface area contributed by atoms with E-state index in [4.69, 9.17) is 21.1 Å². The summed E-state index contributed by atoms with van der Waals surface area (Å²) in [6.07, 6.45) is 2.41. The highest BCUT2D eigenvalue weighted by molar-refractivity contribution is 7.89. The zero-order valence-corrected chi connectivity index (χ0v) is 20.3. The first-order valence-electron chi connectivity index (χ1n) is 10.9. The molecule has 2 fully saturated rings. The summed E-state index contributed by atoms with van der Waals surface area (Å²) in [5, 5.41) is 3.64. The van der Waals surface area contributed by atoms with Gasteiger partial charge in [0.2, 0.25) is 10.0 Å². The third kappa shape index (κ3) is 4.90.